The molecule has 1 saturated carbocycles. The molecule has 1 aliphatic carbocycles. The van der Waals surface area contributed by atoms with Crippen LogP contribution in [-0.2, 0) is 14.8 Å². The Morgan fingerprint density at radius 3 is 2.71 bits per heavy atom. The molecule has 3 atom stereocenters. The number of sulfonamides is 1. The monoisotopic (exact) mass is 349 g/mol. The molecule has 0 bridgehead atoms. The lowest BCUT2D eigenvalue weighted by molar-refractivity contribution is -0.140. The van der Waals surface area contributed by atoms with E-state index in [-0.39, 0.29) is 21.2 Å². The number of thiophene rings is 1. The molecule has 1 aromatic heterocycles. The van der Waals surface area contributed by atoms with Crippen molar-refractivity contribution in [3.8, 4) is 0 Å². The zero-order valence-electron chi connectivity index (χ0n) is 11.2. The molecule has 0 aromatic carbocycles. The van der Waals surface area contributed by atoms with Crippen molar-refractivity contribution in [1.82, 2.24) is 4.31 Å². The van der Waals surface area contributed by atoms with E-state index >= 15 is 0 Å². The minimum Gasteiger partial charge on any atom is -0.480 e. The van der Waals surface area contributed by atoms with Gasteiger partial charge in [0.15, 0.2) is 4.21 Å². The number of rotatable bonds is 3. The number of hydrogen-bond acceptors (Lipinski definition) is 4. The summed E-state index contributed by atoms with van der Waals surface area (Å²) in [5.74, 6) is -0.922. The summed E-state index contributed by atoms with van der Waals surface area (Å²) in [6.07, 6.45) is 4.02. The molecule has 2 heterocycles. The number of halogens is 1. The molecule has 0 amide bonds. The summed E-state index contributed by atoms with van der Waals surface area (Å²) in [7, 11) is -3.85. The smallest absolute Gasteiger partial charge is 0.322 e. The van der Waals surface area contributed by atoms with Gasteiger partial charge in [0.25, 0.3) is 10.0 Å². The maximum Gasteiger partial charge on any atom is 0.322 e. The number of nitrogens with zero attached hydrogens (tertiary/aromatic N) is 1. The standard InChI is InChI=1S/C13H16ClNO4S2/c14-9-5-6-20-13(9)21(18,19)15-10-4-2-1-3-8(10)7-11(15)12(16)17/h5-6,8,10-11H,1-4,7H2,(H,16,17). The first-order chi connectivity index (χ1) is 9.93. The molecule has 0 spiro atoms. The predicted molar refractivity (Wildman–Crippen MR) is 80.1 cm³/mol. The fourth-order valence-electron chi connectivity index (χ4n) is 3.53. The van der Waals surface area contributed by atoms with Gasteiger partial charge in [-0.25, -0.2) is 8.42 Å². The van der Waals surface area contributed by atoms with Crippen molar-refractivity contribution >= 4 is 38.9 Å². The van der Waals surface area contributed by atoms with Crippen molar-refractivity contribution in [3.63, 3.8) is 0 Å². The van der Waals surface area contributed by atoms with Crippen LogP contribution in [0.1, 0.15) is 32.1 Å². The third kappa shape index (κ3) is 2.50. The van der Waals surface area contributed by atoms with Crippen LogP contribution in [0.4, 0.5) is 0 Å². The van der Waals surface area contributed by atoms with Crippen LogP contribution < -0.4 is 0 Å². The lowest BCUT2D eigenvalue weighted by Gasteiger charge is -2.31. The molecule has 1 saturated heterocycles. The largest absolute Gasteiger partial charge is 0.480 e. The molecule has 1 N–H and O–H groups in total. The van der Waals surface area contributed by atoms with Gasteiger partial charge in [0, 0.05) is 6.04 Å². The number of carbonyl (C=O) groups is 1. The van der Waals surface area contributed by atoms with Crippen LogP contribution >= 0.6 is 22.9 Å². The lowest BCUT2D eigenvalue weighted by atomic mass is 9.85. The number of aliphatic carboxylic acids is 1. The Kier molecular flexibility index (Phi) is 4.02. The Bertz CT molecular complexity index is 657. The van der Waals surface area contributed by atoms with Gasteiger partial charge in [-0.2, -0.15) is 4.31 Å². The van der Waals surface area contributed by atoms with E-state index in [1.807, 2.05) is 0 Å². The molecule has 3 rings (SSSR count). The van der Waals surface area contributed by atoms with Crippen LogP contribution in [0, 0.1) is 5.92 Å². The zero-order valence-corrected chi connectivity index (χ0v) is 13.6. The maximum absolute atomic E-state index is 12.9. The summed E-state index contributed by atoms with van der Waals surface area (Å²) in [4.78, 5) is 11.5. The second-order valence-electron chi connectivity index (χ2n) is 5.59. The van der Waals surface area contributed by atoms with Crippen molar-refractivity contribution < 1.29 is 18.3 Å². The third-order valence-electron chi connectivity index (χ3n) is 4.41. The van der Waals surface area contributed by atoms with Gasteiger partial charge in [-0.3, -0.25) is 4.79 Å². The SMILES string of the molecule is O=C(O)C1CC2CCCCC2N1S(=O)(=O)c1sccc1Cl. The summed E-state index contributed by atoms with van der Waals surface area (Å²) in [6, 6.07) is 0.354. The highest BCUT2D eigenvalue weighted by Gasteiger charge is 2.51. The van der Waals surface area contributed by atoms with Gasteiger partial charge >= 0.3 is 5.97 Å². The van der Waals surface area contributed by atoms with Gasteiger partial charge in [-0.05, 0) is 36.6 Å². The summed E-state index contributed by atoms with van der Waals surface area (Å²) >= 11 is 7.00. The first-order valence-corrected chi connectivity index (χ1v) is 9.62. The number of carboxylic acid groups (broad SMARTS) is 1. The molecule has 8 heteroatoms. The average molecular weight is 350 g/mol. The second-order valence-corrected chi connectivity index (χ2v) is 8.95. The van der Waals surface area contributed by atoms with E-state index in [2.05, 4.69) is 0 Å². The van der Waals surface area contributed by atoms with E-state index in [4.69, 9.17) is 11.6 Å². The minimum absolute atomic E-state index is 0.0571. The van der Waals surface area contributed by atoms with Gasteiger partial charge in [0.1, 0.15) is 6.04 Å². The normalized spacial score (nSPS) is 30.2. The molecule has 2 aliphatic rings. The number of hydrogen-bond donors (Lipinski definition) is 1. The van der Waals surface area contributed by atoms with E-state index in [1.165, 1.54) is 10.4 Å². The fourth-order valence-corrected chi connectivity index (χ4v) is 7.17. The van der Waals surface area contributed by atoms with Crippen molar-refractivity contribution in [3.05, 3.63) is 16.5 Å². The van der Waals surface area contributed by atoms with Gasteiger partial charge in [0.2, 0.25) is 0 Å². The van der Waals surface area contributed by atoms with E-state index in [0.29, 0.717) is 6.42 Å². The van der Waals surface area contributed by atoms with Crippen LogP contribution in [0.5, 0.6) is 0 Å². The first-order valence-electron chi connectivity index (χ1n) is 6.92. The van der Waals surface area contributed by atoms with E-state index in [0.717, 1.165) is 37.0 Å². The first kappa shape index (κ1) is 15.3. The molecular weight excluding hydrogens is 334 g/mol. The van der Waals surface area contributed by atoms with Gasteiger partial charge in [0.05, 0.1) is 5.02 Å². The van der Waals surface area contributed by atoms with E-state index < -0.39 is 22.0 Å². The molecule has 1 aliphatic heterocycles. The van der Waals surface area contributed by atoms with E-state index in [1.54, 1.807) is 5.38 Å². The topological polar surface area (TPSA) is 74.7 Å². The highest BCUT2D eigenvalue weighted by atomic mass is 35.5. The molecule has 116 valence electrons. The minimum atomic E-state index is -3.85. The van der Waals surface area contributed by atoms with Crippen LogP contribution in [0.15, 0.2) is 15.7 Å². The van der Waals surface area contributed by atoms with Crippen LogP contribution in [0.3, 0.4) is 0 Å². The van der Waals surface area contributed by atoms with Crippen molar-refractivity contribution in [1.29, 1.82) is 0 Å². The van der Waals surface area contributed by atoms with Crippen LogP contribution in [-0.4, -0.2) is 35.9 Å². The summed E-state index contributed by atoms with van der Waals surface area (Å²) in [6.45, 7) is 0. The number of carboxylic acids is 1. The Hall–Kier alpha value is -0.630. The molecule has 2 fully saturated rings. The predicted octanol–water partition coefficient (Wildman–Crippen LogP) is 2.81. The molecular formula is C13H16ClNO4S2. The Labute approximate surface area is 132 Å². The Morgan fingerprint density at radius 1 is 1.38 bits per heavy atom. The van der Waals surface area contributed by atoms with Gasteiger partial charge < -0.3 is 5.11 Å². The molecule has 0 radical (unpaired) electrons. The van der Waals surface area contributed by atoms with Gasteiger partial charge in [-0.15, -0.1) is 11.3 Å². The highest BCUT2D eigenvalue weighted by Crippen LogP contribution is 2.44. The second kappa shape index (κ2) is 5.53. The maximum atomic E-state index is 12.9. The van der Waals surface area contributed by atoms with Crippen molar-refractivity contribution in [2.24, 2.45) is 5.92 Å². The fraction of sp³-hybridized carbons (Fsp3) is 0.615. The molecule has 5 nitrogen and oxygen atoms in total. The average Bonchev–Trinajstić information content (AvgIpc) is 3.02. The van der Waals surface area contributed by atoms with Crippen molar-refractivity contribution in [2.75, 3.05) is 0 Å². The quantitative estimate of drug-likeness (QED) is 0.910. The lowest BCUT2D eigenvalue weighted by Crippen LogP contribution is -2.45. The number of fused-ring (bicyclic) bond motifs is 1. The highest BCUT2D eigenvalue weighted by molar-refractivity contribution is 7.91. The Morgan fingerprint density at radius 2 is 2.10 bits per heavy atom. The van der Waals surface area contributed by atoms with Crippen LogP contribution in [0.25, 0.3) is 0 Å². The summed E-state index contributed by atoms with van der Waals surface area (Å²) < 4.78 is 27.0. The van der Waals surface area contributed by atoms with E-state index in [9.17, 15) is 18.3 Å². The molecule has 1 aromatic rings. The van der Waals surface area contributed by atoms with Crippen molar-refractivity contribution in [2.45, 2.75) is 48.4 Å². The van der Waals surface area contributed by atoms with Gasteiger partial charge in [-0.1, -0.05) is 24.4 Å². The zero-order chi connectivity index (χ0) is 15.2. The Balaban J connectivity index is 2.04. The molecule has 3 unspecified atom stereocenters. The third-order valence-corrected chi connectivity index (χ3v) is 8.34. The van der Waals surface area contributed by atoms with Crippen LogP contribution in [0.2, 0.25) is 5.02 Å². The molecule has 21 heavy (non-hydrogen) atoms. The summed E-state index contributed by atoms with van der Waals surface area (Å²) in [5, 5.41) is 11.2. The summed E-state index contributed by atoms with van der Waals surface area (Å²) in [5.41, 5.74) is 0.